The van der Waals surface area contributed by atoms with E-state index in [9.17, 15) is 4.79 Å². The second-order valence-electron chi connectivity index (χ2n) is 4.17. The van der Waals surface area contributed by atoms with Gasteiger partial charge in [-0.15, -0.1) is 11.6 Å². The SMILES string of the molecule is Cc1c(Br)cccc1NC(=O)C(Cl)c1ccccc1. The Morgan fingerprint density at radius 2 is 1.84 bits per heavy atom. The zero-order valence-electron chi connectivity index (χ0n) is 10.4. The summed E-state index contributed by atoms with van der Waals surface area (Å²) in [7, 11) is 0. The number of amides is 1. The Morgan fingerprint density at radius 1 is 1.16 bits per heavy atom. The molecule has 0 saturated heterocycles. The van der Waals surface area contributed by atoms with Gasteiger partial charge in [0.1, 0.15) is 5.38 Å². The molecule has 0 aliphatic rings. The normalized spacial score (nSPS) is 11.9. The van der Waals surface area contributed by atoms with E-state index in [2.05, 4.69) is 21.2 Å². The van der Waals surface area contributed by atoms with Gasteiger partial charge in [-0.2, -0.15) is 0 Å². The minimum Gasteiger partial charge on any atom is -0.324 e. The molecule has 0 aromatic heterocycles. The summed E-state index contributed by atoms with van der Waals surface area (Å²) in [5.41, 5.74) is 2.53. The van der Waals surface area contributed by atoms with Gasteiger partial charge in [0.15, 0.2) is 0 Å². The van der Waals surface area contributed by atoms with Crippen molar-refractivity contribution < 1.29 is 4.79 Å². The quantitative estimate of drug-likeness (QED) is 0.809. The number of hydrogen-bond acceptors (Lipinski definition) is 1. The van der Waals surface area contributed by atoms with E-state index in [-0.39, 0.29) is 5.91 Å². The lowest BCUT2D eigenvalue weighted by Crippen LogP contribution is -2.17. The molecule has 0 spiro atoms. The first-order valence-corrected chi connectivity index (χ1v) is 7.07. The smallest absolute Gasteiger partial charge is 0.246 e. The van der Waals surface area contributed by atoms with Crippen LogP contribution in [0.5, 0.6) is 0 Å². The van der Waals surface area contributed by atoms with Gasteiger partial charge in [0, 0.05) is 10.2 Å². The van der Waals surface area contributed by atoms with Gasteiger partial charge >= 0.3 is 0 Å². The van der Waals surface area contributed by atoms with E-state index in [0.29, 0.717) is 0 Å². The van der Waals surface area contributed by atoms with Gasteiger partial charge in [-0.1, -0.05) is 52.3 Å². The highest BCUT2D eigenvalue weighted by Gasteiger charge is 2.18. The number of nitrogens with one attached hydrogen (secondary N) is 1. The molecule has 1 N–H and O–H groups in total. The summed E-state index contributed by atoms with van der Waals surface area (Å²) < 4.78 is 0.955. The third-order valence-electron chi connectivity index (χ3n) is 2.85. The highest BCUT2D eigenvalue weighted by molar-refractivity contribution is 9.10. The van der Waals surface area contributed by atoms with Gasteiger partial charge in [0.05, 0.1) is 0 Å². The number of carbonyl (C=O) groups excluding carboxylic acids is 1. The van der Waals surface area contributed by atoms with Crippen molar-refractivity contribution in [3.05, 3.63) is 64.1 Å². The molecule has 0 heterocycles. The Hall–Kier alpha value is -1.32. The monoisotopic (exact) mass is 337 g/mol. The van der Waals surface area contributed by atoms with Crippen LogP contribution in [-0.4, -0.2) is 5.91 Å². The minimum absolute atomic E-state index is 0.228. The lowest BCUT2D eigenvalue weighted by Gasteiger charge is -2.13. The molecule has 2 nitrogen and oxygen atoms in total. The second kappa shape index (κ2) is 6.22. The van der Waals surface area contributed by atoms with Crippen LogP contribution in [-0.2, 0) is 4.79 Å². The first-order chi connectivity index (χ1) is 9.09. The molecule has 19 heavy (non-hydrogen) atoms. The topological polar surface area (TPSA) is 29.1 Å². The van der Waals surface area contributed by atoms with Crippen LogP contribution in [0.15, 0.2) is 53.0 Å². The standard InChI is InChI=1S/C15H13BrClNO/c1-10-12(16)8-5-9-13(10)18-15(19)14(17)11-6-3-2-4-7-11/h2-9,14H,1H3,(H,18,19). The maximum absolute atomic E-state index is 12.1. The van der Waals surface area contributed by atoms with E-state index >= 15 is 0 Å². The summed E-state index contributed by atoms with van der Waals surface area (Å²) in [5, 5.41) is 2.15. The predicted molar refractivity (Wildman–Crippen MR) is 82.5 cm³/mol. The third-order valence-corrected chi connectivity index (χ3v) is 4.16. The van der Waals surface area contributed by atoms with E-state index < -0.39 is 5.38 Å². The number of carbonyl (C=O) groups is 1. The lowest BCUT2D eigenvalue weighted by atomic mass is 10.1. The number of benzene rings is 2. The summed E-state index contributed by atoms with van der Waals surface area (Å²) in [6.07, 6.45) is 0. The number of hydrogen-bond donors (Lipinski definition) is 1. The fourth-order valence-corrected chi connectivity index (χ4v) is 2.28. The van der Waals surface area contributed by atoms with Crippen molar-refractivity contribution in [2.45, 2.75) is 12.3 Å². The Balaban J connectivity index is 2.15. The van der Waals surface area contributed by atoms with Crippen LogP contribution >= 0.6 is 27.5 Å². The number of halogens is 2. The summed E-state index contributed by atoms with van der Waals surface area (Å²) in [6, 6.07) is 15.0. The molecule has 1 atom stereocenters. The Kier molecular flexibility index (Phi) is 4.61. The molecule has 98 valence electrons. The molecule has 2 aromatic rings. The van der Waals surface area contributed by atoms with Crippen molar-refractivity contribution >= 4 is 39.1 Å². The minimum atomic E-state index is -0.695. The molecule has 0 saturated carbocycles. The molecule has 0 radical (unpaired) electrons. The Bertz CT molecular complexity index is 586. The Labute approximate surface area is 125 Å². The molecule has 0 bridgehead atoms. The van der Waals surface area contributed by atoms with E-state index in [0.717, 1.165) is 21.3 Å². The molecule has 2 aromatic carbocycles. The number of alkyl halides is 1. The molecular weight excluding hydrogens is 326 g/mol. The summed E-state index contributed by atoms with van der Waals surface area (Å²) in [6.45, 7) is 1.94. The van der Waals surface area contributed by atoms with Crippen molar-refractivity contribution in [2.24, 2.45) is 0 Å². The molecular formula is C15H13BrClNO. The molecule has 4 heteroatoms. The fourth-order valence-electron chi connectivity index (χ4n) is 1.71. The first kappa shape index (κ1) is 14.1. The van der Waals surface area contributed by atoms with Crippen molar-refractivity contribution in [2.75, 3.05) is 5.32 Å². The van der Waals surface area contributed by atoms with E-state index in [4.69, 9.17) is 11.6 Å². The van der Waals surface area contributed by atoms with E-state index in [1.807, 2.05) is 55.5 Å². The third kappa shape index (κ3) is 3.37. The number of rotatable bonds is 3. The van der Waals surface area contributed by atoms with Crippen LogP contribution in [0.25, 0.3) is 0 Å². The highest BCUT2D eigenvalue weighted by atomic mass is 79.9. The van der Waals surface area contributed by atoms with Crippen LogP contribution in [0.1, 0.15) is 16.5 Å². The van der Waals surface area contributed by atoms with Gasteiger partial charge in [-0.3, -0.25) is 4.79 Å². The van der Waals surface area contributed by atoms with Gasteiger partial charge in [-0.05, 0) is 30.2 Å². The van der Waals surface area contributed by atoms with Crippen molar-refractivity contribution in [3.8, 4) is 0 Å². The van der Waals surface area contributed by atoms with Crippen LogP contribution in [0.2, 0.25) is 0 Å². The highest BCUT2D eigenvalue weighted by Crippen LogP contribution is 2.26. The van der Waals surface area contributed by atoms with Gasteiger partial charge in [-0.25, -0.2) is 0 Å². The van der Waals surface area contributed by atoms with E-state index in [1.54, 1.807) is 0 Å². The fraction of sp³-hybridized carbons (Fsp3) is 0.133. The van der Waals surface area contributed by atoms with Crippen LogP contribution in [0.4, 0.5) is 5.69 Å². The maximum Gasteiger partial charge on any atom is 0.246 e. The molecule has 1 amide bonds. The zero-order valence-corrected chi connectivity index (χ0v) is 12.7. The van der Waals surface area contributed by atoms with Gasteiger partial charge in [0.2, 0.25) is 5.91 Å². The Morgan fingerprint density at radius 3 is 2.53 bits per heavy atom. The molecule has 0 aliphatic carbocycles. The second-order valence-corrected chi connectivity index (χ2v) is 5.47. The number of anilines is 1. The average molecular weight is 339 g/mol. The van der Waals surface area contributed by atoms with Crippen molar-refractivity contribution in [1.29, 1.82) is 0 Å². The largest absolute Gasteiger partial charge is 0.324 e. The predicted octanol–water partition coefficient (Wildman–Crippen LogP) is 4.68. The van der Waals surface area contributed by atoms with Crippen LogP contribution in [0, 0.1) is 6.92 Å². The first-order valence-electron chi connectivity index (χ1n) is 5.84. The zero-order chi connectivity index (χ0) is 13.8. The van der Waals surface area contributed by atoms with Crippen LogP contribution < -0.4 is 5.32 Å². The van der Waals surface area contributed by atoms with Crippen molar-refractivity contribution in [3.63, 3.8) is 0 Å². The summed E-state index contributed by atoms with van der Waals surface area (Å²) >= 11 is 9.61. The summed E-state index contributed by atoms with van der Waals surface area (Å²) in [5.74, 6) is -0.228. The summed E-state index contributed by atoms with van der Waals surface area (Å²) in [4.78, 5) is 12.1. The average Bonchev–Trinajstić information content (AvgIpc) is 2.44. The lowest BCUT2D eigenvalue weighted by molar-refractivity contribution is -0.116. The van der Waals surface area contributed by atoms with Crippen LogP contribution in [0.3, 0.4) is 0 Å². The van der Waals surface area contributed by atoms with Crippen molar-refractivity contribution in [1.82, 2.24) is 0 Å². The molecule has 1 unspecified atom stereocenters. The van der Waals surface area contributed by atoms with Gasteiger partial charge < -0.3 is 5.32 Å². The molecule has 0 aliphatic heterocycles. The van der Waals surface area contributed by atoms with Gasteiger partial charge in [0.25, 0.3) is 0 Å². The molecule has 0 fully saturated rings. The van der Waals surface area contributed by atoms with E-state index in [1.165, 1.54) is 0 Å². The maximum atomic E-state index is 12.1. The molecule has 2 rings (SSSR count).